The third-order valence-corrected chi connectivity index (χ3v) is 4.58. The topological polar surface area (TPSA) is 26.3 Å². The van der Waals surface area contributed by atoms with Gasteiger partial charge in [-0.05, 0) is 56.5 Å². The van der Waals surface area contributed by atoms with E-state index in [1.807, 2.05) is 13.0 Å². The van der Waals surface area contributed by atoms with Crippen molar-refractivity contribution in [3.05, 3.63) is 61.8 Å². The van der Waals surface area contributed by atoms with Crippen molar-refractivity contribution < 1.29 is 13.9 Å². The number of hydrogen-bond donors (Lipinski definition) is 0. The van der Waals surface area contributed by atoms with Gasteiger partial charge in [0.15, 0.2) is 5.78 Å². The van der Waals surface area contributed by atoms with Crippen LogP contribution in [0.5, 0.6) is 5.75 Å². The number of hydrogen-bond acceptors (Lipinski definition) is 2. The molecule has 20 heavy (non-hydrogen) atoms. The van der Waals surface area contributed by atoms with E-state index in [0.29, 0.717) is 11.1 Å². The number of carbonyl (C=O) groups is 1. The van der Waals surface area contributed by atoms with Gasteiger partial charge in [-0.15, -0.1) is 0 Å². The highest BCUT2D eigenvalue weighted by molar-refractivity contribution is 9.10. The minimum Gasteiger partial charge on any atom is -0.496 e. The molecule has 0 heterocycles. The normalized spacial score (nSPS) is 10.4. The van der Waals surface area contributed by atoms with Crippen LogP contribution < -0.4 is 4.74 Å². The second-order valence-corrected chi connectivity index (χ2v) is 5.88. The third-order valence-electron chi connectivity index (χ3n) is 2.92. The zero-order valence-corrected chi connectivity index (χ0v) is 14.0. The molecule has 0 aromatic heterocycles. The fraction of sp³-hybridized carbons (Fsp3) is 0.133. The Balaban J connectivity index is 2.59. The lowest BCUT2D eigenvalue weighted by Crippen LogP contribution is -2.06. The second kappa shape index (κ2) is 6.06. The van der Waals surface area contributed by atoms with E-state index in [1.54, 1.807) is 12.1 Å². The fourth-order valence-corrected chi connectivity index (χ4v) is 2.63. The van der Waals surface area contributed by atoms with Gasteiger partial charge in [-0.25, -0.2) is 4.39 Å². The maximum absolute atomic E-state index is 13.5. The average Bonchev–Trinajstić information content (AvgIpc) is 2.43. The molecule has 2 aromatic rings. The van der Waals surface area contributed by atoms with Gasteiger partial charge in [0, 0.05) is 16.1 Å². The highest BCUT2D eigenvalue weighted by Gasteiger charge is 2.19. The van der Waals surface area contributed by atoms with Crippen LogP contribution in [0.3, 0.4) is 0 Å². The predicted molar refractivity (Wildman–Crippen MR) is 83.0 cm³/mol. The Morgan fingerprint density at radius 1 is 1.20 bits per heavy atom. The number of halogens is 3. The molecule has 0 radical (unpaired) electrons. The van der Waals surface area contributed by atoms with Gasteiger partial charge < -0.3 is 4.74 Å². The Morgan fingerprint density at radius 2 is 1.90 bits per heavy atom. The number of rotatable bonds is 3. The lowest BCUT2D eigenvalue weighted by Gasteiger charge is -2.11. The van der Waals surface area contributed by atoms with Crippen molar-refractivity contribution >= 4 is 37.6 Å². The SMILES string of the molecule is COc1cc(F)c(Br)cc1C(=O)c1cccc(C)c1Br. The summed E-state index contributed by atoms with van der Waals surface area (Å²) in [6.07, 6.45) is 0. The highest BCUT2D eigenvalue weighted by Crippen LogP contribution is 2.31. The van der Waals surface area contributed by atoms with Gasteiger partial charge in [0.1, 0.15) is 11.6 Å². The van der Waals surface area contributed by atoms with Crippen molar-refractivity contribution in [2.75, 3.05) is 7.11 Å². The van der Waals surface area contributed by atoms with Crippen LogP contribution in [0.15, 0.2) is 39.3 Å². The number of methoxy groups -OCH3 is 1. The van der Waals surface area contributed by atoms with Crippen molar-refractivity contribution in [2.24, 2.45) is 0 Å². The Bertz CT molecular complexity index is 684. The average molecular weight is 402 g/mol. The van der Waals surface area contributed by atoms with Gasteiger partial charge in [0.2, 0.25) is 0 Å². The molecule has 0 atom stereocenters. The Morgan fingerprint density at radius 3 is 2.55 bits per heavy atom. The van der Waals surface area contributed by atoms with Crippen molar-refractivity contribution in [3.8, 4) is 5.75 Å². The first-order chi connectivity index (χ1) is 9.45. The molecule has 0 bridgehead atoms. The molecule has 2 rings (SSSR count). The summed E-state index contributed by atoms with van der Waals surface area (Å²) in [6.45, 7) is 1.90. The quantitative estimate of drug-likeness (QED) is 0.683. The molecule has 5 heteroatoms. The first-order valence-electron chi connectivity index (χ1n) is 5.78. The fourth-order valence-electron chi connectivity index (χ4n) is 1.84. The maximum Gasteiger partial charge on any atom is 0.197 e. The molecule has 104 valence electrons. The van der Waals surface area contributed by atoms with Crippen LogP contribution in [0.2, 0.25) is 0 Å². The Labute approximate surface area is 133 Å². The standard InChI is InChI=1S/C15H11Br2FO2/c1-8-4-3-5-9(14(8)17)15(19)10-6-11(16)12(18)7-13(10)20-2/h3-7H,1-2H3. The summed E-state index contributed by atoms with van der Waals surface area (Å²) in [6, 6.07) is 8.06. The minimum atomic E-state index is -0.471. The molecule has 0 aliphatic rings. The predicted octanol–water partition coefficient (Wildman–Crippen LogP) is 4.90. The molecule has 0 spiro atoms. The number of aryl methyl sites for hydroxylation is 1. The zero-order valence-electron chi connectivity index (χ0n) is 10.8. The van der Waals surface area contributed by atoms with Crippen molar-refractivity contribution in [2.45, 2.75) is 6.92 Å². The summed E-state index contributed by atoms with van der Waals surface area (Å²) in [5.41, 5.74) is 1.78. The van der Waals surface area contributed by atoms with E-state index in [-0.39, 0.29) is 16.0 Å². The van der Waals surface area contributed by atoms with Crippen LogP contribution in [-0.2, 0) is 0 Å². The third kappa shape index (κ3) is 2.79. The lowest BCUT2D eigenvalue weighted by molar-refractivity contribution is 0.103. The molecule has 0 N–H and O–H groups in total. The molecule has 0 aliphatic carbocycles. The van der Waals surface area contributed by atoms with Crippen molar-refractivity contribution in [1.82, 2.24) is 0 Å². The van der Waals surface area contributed by atoms with Gasteiger partial charge in [0.25, 0.3) is 0 Å². The largest absolute Gasteiger partial charge is 0.496 e. The van der Waals surface area contributed by atoms with Gasteiger partial charge >= 0.3 is 0 Å². The van der Waals surface area contributed by atoms with Crippen LogP contribution in [0.4, 0.5) is 4.39 Å². The number of ketones is 1. The number of carbonyl (C=O) groups excluding carboxylic acids is 1. The number of ether oxygens (including phenoxy) is 1. The van der Waals surface area contributed by atoms with E-state index in [4.69, 9.17) is 4.74 Å². The molecule has 0 saturated carbocycles. The molecular weight excluding hydrogens is 391 g/mol. The van der Waals surface area contributed by atoms with Crippen LogP contribution in [0.1, 0.15) is 21.5 Å². The molecule has 2 aromatic carbocycles. The van der Waals surface area contributed by atoms with E-state index in [9.17, 15) is 9.18 Å². The molecule has 2 nitrogen and oxygen atoms in total. The van der Waals surface area contributed by atoms with E-state index in [2.05, 4.69) is 31.9 Å². The Hall–Kier alpha value is -1.20. The van der Waals surface area contributed by atoms with E-state index >= 15 is 0 Å². The molecule has 0 unspecified atom stereocenters. The van der Waals surface area contributed by atoms with Crippen molar-refractivity contribution in [1.29, 1.82) is 0 Å². The van der Waals surface area contributed by atoms with Gasteiger partial charge in [0.05, 0.1) is 17.1 Å². The monoisotopic (exact) mass is 400 g/mol. The second-order valence-electron chi connectivity index (χ2n) is 4.23. The van der Waals surface area contributed by atoms with Gasteiger partial charge in [-0.2, -0.15) is 0 Å². The maximum atomic E-state index is 13.5. The Kier molecular flexibility index (Phi) is 4.60. The zero-order chi connectivity index (χ0) is 14.9. The van der Waals surface area contributed by atoms with Gasteiger partial charge in [-0.1, -0.05) is 12.1 Å². The molecule has 0 saturated heterocycles. The van der Waals surface area contributed by atoms with Gasteiger partial charge in [-0.3, -0.25) is 4.79 Å². The minimum absolute atomic E-state index is 0.212. The first-order valence-corrected chi connectivity index (χ1v) is 7.37. The molecule has 0 fully saturated rings. The summed E-state index contributed by atoms with van der Waals surface area (Å²) in [7, 11) is 1.41. The molecule has 0 aliphatic heterocycles. The van der Waals surface area contributed by atoms with Crippen molar-refractivity contribution in [3.63, 3.8) is 0 Å². The molecule has 0 amide bonds. The summed E-state index contributed by atoms with van der Waals surface area (Å²) >= 11 is 6.50. The summed E-state index contributed by atoms with van der Waals surface area (Å²) in [5.74, 6) is -0.482. The highest BCUT2D eigenvalue weighted by atomic mass is 79.9. The van der Waals surface area contributed by atoms with Crippen LogP contribution in [0, 0.1) is 12.7 Å². The van der Waals surface area contributed by atoms with E-state index < -0.39 is 5.82 Å². The first kappa shape index (κ1) is 15.2. The summed E-state index contributed by atoms with van der Waals surface area (Å²) in [5, 5.41) is 0. The van der Waals surface area contributed by atoms with Crippen LogP contribution >= 0.6 is 31.9 Å². The van der Waals surface area contributed by atoms with Crippen LogP contribution in [0.25, 0.3) is 0 Å². The van der Waals surface area contributed by atoms with Crippen LogP contribution in [-0.4, -0.2) is 12.9 Å². The smallest absolute Gasteiger partial charge is 0.197 e. The van der Waals surface area contributed by atoms with E-state index in [0.717, 1.165) is 10.0 Å². The number of benzene rings is 2. The van der Waals surface area contributed by atoms with E-state index in [1.165, 1.54) is 19.2 Å². The lowest BCUT2D eigenvalue weighted by atomic mass is 10.0. The molecular formula is C15H11Br2FO2. The summed E-state index contributed by atoms with van der Waals surface area (Å²) in [4.78, 5) is 12.6. The summed E-state index contributed by atoms with van der Waals surface area (Å²) < 4.78 is 19.6.